The molecule has 7 heteroatoms. The fourth-order valence-corrected chi connectivity index (χ4v) is 2.15. The second-order valence-electron chi connectivity index (χ2n) is 3.51. The highest BCUT2D eigenvalue weighted by molar-refractivity contribution is 7.85. The Hall–Kier alpha value is -1.42. The van der Waals surface area contributed by atoms with E-state index < -0.39 is 16.8 Å². The molecule has 17 heavy (non-hydrogen) atoms. The number of hydrogen-bond donors (Lipinski definition) is 1. The van der Waals surface area contributed by atoms with E-state index in [1.165, 1.54) is 4.90 Å². The molecule has 0 radical (unpaired) electrons. The highest BCUT2D eigenvalue weighted by Gasteiger charge is 2.12. The third-order valence-corrected chi connectivity index (χ3v) is 3.34. The van der Waals surface area contributed by atoms with Gasteiger partial charge >= 0.3 is 5.97 Å². The van der Waals surface area contributed by atoms with Gasteiger partial charge in [-0.3, -0.25) is 13.8 Å². The van der Waals surface area contributed by atoms with Gasteiger partial charge in [-0.25, -0.2) is 0 Å². The zero-order chi connectivity index (χ0) is 13.3. The number of carboxylic acids is 1. The van der Waals surface area contributed by atoms with E-state index in [0.29, 0.717) is 13.0 Å². The van der Waals surface area contributed by atoms with Gasteiger partial charge in [0.15, 0.2) is 0 Å². The van der Waals surface area contributed by atoms with Crippen LogP contribution in [0.1, 0.15) is 19.3 Å². The molecule has 1 N–H and O–H groups in total. The molecule has 0 bridgehead atoms. The summed E-state index contributed by atoms with van der Waals surface area (Å²) in [6, 6.07) is 1.92. The molecule has 0 saturated carbocycles. The fourth-order valence-electron chi connectivity index (χ4n) is 1.05. The zero-order valence-corrected chi connectivity index (χ0v) is 10.5. The van der Waals surface area contributed by atoms with Crippen LogP contribution in [0.15, 0.2) is 0 Å². The molecular weight excluding hydrogens is 244 g/mol. The summed E-state index contributed by atoms with van der Waals surface area (Å²) < 4.78 is 11.4. The lowest BCUT2D eigenvalue weighted by Crippen LogP contribution is -2.32. The number of carbonyl (C=O) groups is 2. The number of amides is 1. The van der Waals surface area contributed by atoms with E-state index in [4.69, 9.17) is 10.4 Å². The van der Waals surface area contributed by atoms with E-state index >= 15 is 0 Å². The van der Waals surface area contributed by atoms with E-state index in [1.807, 2.05) is 6.07 Å². The van der Waals surface area contributed by atoms with E-state index in [1.54, 1.807) is 7.05 Å². The lowest BCUT2D eigenvalue weighted by Gasteiger charge is -2.14. The minimum atomic E-state index is -1.33. The van der Waals surface area contributed by atoms with Crippen LogP contribution < -0.4 is 0 Å². The topological polar surface area (TPSA) is 98.5 Å². The second kappa shape index (κ2) is 8.70. The van der Waals surface area contributed by atoms with Crippen LogP contribution in [0.5, 0.6) is 0 Å². The number of nitrogens with zero attached hydrogens (tertiary/aromatic N) is 2. The average molecular weight is 260 g/mol. The van der Waals surface area contributed by atoms with Gasteiger partial charge < -0.3 is 10.0 Å². The maximum absolute atomic E-state index is 11.5. The van der Waals surface area contributed by atoms with Crippen molar-refractivity contribution in [3.63, 3.8) is 0 Å². The Morgan fingerprint density at radius 1 is 1.47 bits per heavy atom. The first-order valence-electron chi connectivity index (χ1n) is 5.15. The van der Waals surface area contributed by atoms with E-state index in [9.17, 15) is 13.8 Å². The van der Waals surface area contributed by atoms with Crippen molar-refractivity contribution in [3.8, 4) is 6.07 Å². The average Bonchev–Trinajstić information content (AvgIpc) is 2.25. The Bertz CT molecular complexity index is 338. The Morgan fingerprint density at radius 3 is 2.65 bits per heavy atom. The van der Waals surface area contributed by atoms with Crippen molar-refractivity contribution in [2.24, 2.45) is 0 Å². The minimum Gasteiger partial charge on any atom is -0.481 e. The van der Waals surface area contributed by atoms with E-state index in [-0.39, 0.29) is 30.3 Å². The van der Waals surface area contributed by atoms with Gasteiger partial charge in [-0.2, -0.15) is 5.26 Å². The minimum absolute atomic E-state index is 0.0375. The smallest absolute Gasteiger partial charge is 0.303 e. The molecule has 96 valence electrons. The highest BCUT2D eigenvalue weighted by atomic mass is 32.2. The van der Waals surface area contributed by atoms with Gasteiger partial charge in [-0.05, 0) is 6.42 Å². The summed E-state index contributed by atoms with van der Waals surface area (Å²) in [6.45, 7) is 0.321. The monoisotopic (exact) mass is 260 g/mol. The molecule has 0 fully saturated rings. The summed E-state index contributed by atoms with van der Waals surface area (Å²) in [4.78, 5) is 23.0. The molecule has 0 aliphatic carbocycles. The number of carboxylic acid groups (broad SMARTS) is 1. The summed E-state index contributed by atoms with van der Waals surface area (Å²) in [5.41, 5.74) is 0. The van der Waals surface area contributed by atoms with Gasteiger partial charge in [0.2, 0.25) is 5.91 Å². The molecule has 0 aliphatic heterocycles. The predicted octanol–water partition coefficient (Wildman–Crippen LogP) is -0.0280. The Labute approximate surface area is 103 Å². The SMILES string of the molecule is CN(CCC#N)C(=O)CS(=O)CCCC(=O)O. The first-order valence-corrected chi connectivity index (χ1v) is 6.64. The highest BCUT2D eigenvalue weighted by Crippen LogP contribution is 1.96. The molecule has 1 amide bonds. The second-order valence-corrected chi connectivity index (χ2v) is 5.09. The number of nitriles is 1. The molecule has 0 saturated heterocycles. The van der Waals surface area contributed by atoms with Crippen LogP contribution in [0.3, 0.4) is 0 Å². The molecule has 6 nitrogen and oxygen atoms in total. The normalized spacial score (nSPS) is 11.5. The first kappa shape index (κ1) is 15.6. The van der Waals surface area contributed by atoms with Gasteiger partial charge in [0, 0.05) is 36.6 Å². The molecule has 0 heterocycles. The van der Waals surface area contributed by atoms with Gasteiger partial charge in [0.05, 0.1) is 12.5 Å². The first-order chi connectivity index (χ1) is 7.97. The van der Waals surface area contributed by atoms with Gasteiger partial charge in [-0.15, -0.1) is 0 Å². The van der Waals surface area contributed by atoms with Gasteiger partial charge in [0.25, 0.3) is 0 Å². The van der Waals surface area contributed by atoms with Crippen molar-refractivity contribution in [1.29, 1.82) is 5.26 Å². The largest absolute Gasteiger partial charge is 0.481 e. The molecule has 0 aromatic carbocycles. The molecule has 0 aromatic heterocycles. The molecule has 0 aliphatic rings. The van der Waals surface area contributed by atoms with Crippen LogP contribution in [-0.4, -0.2) is 51.2 Å². The van der Waals surface area contributed by atoms with Crippen molar-refractivity contribution >= 4 is 22.7 Å². The van der Waals surface area contributed by atoms with Crippen LogP contribution >= 0.6 is 0 Å². The third-order valence-electron chi connectivity index (χ3n) is 2.03. The lowest BCUT2D eigenvalue weighted by molar-refractivity contribution is -0.137. The predicted molar refractivity (Wildman–Crippen MR) is 62.6 cm³/mol. The standard InChI is InChI=1S/C10H16N2O4S/c1-12(6-3-5-11)9(13)8-17(16)7-2-4-10(14)15/h2-4,6-8H2,1H3,(H,14,15). The van der Waals surface area contributed by atoms with Crippen molar-refractivity contribution < 1.29 is 18.9 Å². The zero-order valence-electron chi connectivity index (χ0n) is 9.72. The summed E-state index contributed by atoms with van der Waals surface area (Å²) in [6.07, 6.45) is 0.509. The maximum Gasteiger partial charge on any atom is 0.303 e. The van der Waals surface area contributed by atoms with Crippen LogP contribution in [0.2, 0.25) is 0 Å². The molecule has 0 rings (SSSR count). The molecule has 1 unspecified atom stereocenters. The Morgan fingerprint density at radius 2 is 2.12 bits per heavy atom. The molecular formula is C10H16N2O4S. The Balaban J connectivity index is 3.83. The van der Waals surface area contributed by atoms with E-state index in [0.717, 1.165) is 0 Å². The number of aliphatic carboxylic acids is 1. The summed E-state index contributed by atoms with van der Waals surface area (Å²) in [7, 11) is 0.220. The maximum atomic E-state index is 11.5. The third kappa shape index (κ3) is 8.39. The molecule has 0 spiro atoms. The van der Waals surface area contributed by atoms with Crippen molar-refractivity contribution in [1.82, 2.24) is 4.90 Å². The number of hydrogen-bond acceptors (Lipinski definition) is 4. The molecule has 0 aromatic rings. The summed E-state index contributed by atoms with van der Waals surface area (Å²) >= 11 is 0. The molecule has 1 atom stereocenters. The summed E-state index contributed by atoms with van der Waals surface area (Å²) in [5.74, 6) is -1.11. The van der Waals surface area contributed by atoms with Crippen LogP contribution in [0.25, 0.3) is 0 Å². The van der Waals surface area contributed by atoms with Crippen molar-refractivity contribution in [2.45, 2.75) is 19.3 Å². The van der Waals surface area contributed by atoms with Gasteiger partial charge in [-0.1, -0.05) is 0 Å². The quantitative estimate of drug-likeness (QED) is 0.661. The van der Waals surface area contributed by atoms with Crippen molar-refractivity contribution in [2.75, 3.05) is 25.1 Å². The van der Waals surface area contributed by atoms with E-state index in [2.05, 4.69) is 0 Å². The van der Waals surface area contributed by atoms with Crippen LogP contribution in [0, 0.1) is 11.3 Å². The van der Waals surface area contributed by atoms with Crippen LogP contribution in [-0.2, 0) is 20.4 Å². The fraction of sp³-hybridized carbons (Fsp3) is 0.700. The summed E-state index contributed by atoms with van der Waals surface area (Å²) in [5, 5.41) is 16.7. The lowest BCUT2D eigenvalue weighted by atomic mass is 10.3. The van der Waals surface area contributed by atoms with Crippen molar-refractivity contribution in [3.05, 3.63) is 0 Å². The van der Waals surface area contributed by atoms with Gasteiger partial charge in [0.1, 0.15) is 5.75 Å². The van der Waals surface area contributed by atoms with Crippen LogP contribution in [0.4, 0.5) is 0 Å². The number of carbonyl (C=O) groups excluding carboxylic acids is 1. The number of rotatable bonds is 8. The Kier molecular flexibility index (Phi) is 7.97.